The lowest BCUT2D eigenvalue weighted by atomic mass is 9.85. The van der Waals surface area contributed by atoms with Crippen LogP contribution in [0.2, 0.25) is 0 Å². The number of fused-ring (bicyclic) bond motifs is 1. The number of aliphatic hydroxyl groups excluding tert-OH is 3. The van der Waals surface area contributed by atoms with Gasteiger partial charge in [0.2, 0.25) is 0 Å². The molecule has 150 valence electrons. The van der Waals surface area contributed by atoms with Crippen LogP contribution < -0.4 is 0 Å². The molecule has 0 spiro atoms. The standard InChI is InChI=1S/C23H29NO4/c1-15-20(14-25)28-23(22(27)21(15)26)18-8-4-5-16(11-18)12-24-10-9-17-6-2-3-7-19(17)13-24/h2-8,11,15,20-23,25-27H,9-10,12-14H2,1H3/t15-,20-,21+,22-,23+/m1/s1. The number of benzene rings is 2. The SMILES string of the molecule is C[C@H]1[C@H](O)[C@@H](O)[C@H](c2cccc(CN3CCc4ccccc4C3)c2)O[C@@H]1CO. The highest BCUT2D eigenvalue weighted by Crippen LogP contribution is 2.35. The Morgan fingerprint density at radius 1 is 1.04 bits per heavy atom. The van der Waals surface area contributed by atoms with E-state index >= 15 is 0 Å². The van der Waals surface area contributed by atoms with E-state index in [0.717, 1.165) is 37.2 Å². The molecule has 5 heteroatoms. The molecule has 0 bridgehead atoms. The molecule has 0 unspecified atom stereocenters. The molecule has 2 aliphatic rings. The fourth-order valence-electron chi connectivity index (χ4n) is 4.40. The third-order valence-electron chi connectivity index (χ3n) is 6.18. The Morgan fingerprint density at radius 3 is 2.61 bits per heavy atom. The van der Waals surface area contributed by atoms with Crippen LogP contribution in [0.25, 0.3) is 0 Å². The van der Waals surface area contributed by atoms with E-state index in [1.807, 2.05) is 18.2 Å². The van der Waals surface area contributed by atoms with Crippen LogP contribution >= 0.6 is 0 Å². The summed E-state index contributed by atoms with van der Waals surface area (Å²) in [5, 5.41) is 30.4. The molecule has 5 atom stereocenters. The zero-order chi connectivity index (χ0) is 19.7. The van der Waals surface area contributed by atoms with E-state index in [0.29, 0.717) is 0 Å². The molecule has 0 radical (unpaired) electrons. The maximum Gasteiger partial charge on any atom is 0.111 e. The first-order chi connectivity index (χ1) is 13.6. The summed E-state index contributed by atoms with van der Waals surface area (Å²) in [7, 11) is 0. The van der Waals surface area contributed by atoms with Gasteiger partial charge in [0.1, 0.15) is 12.2 Å². The van der Waals surface area contributed by atoms with E-state index in [2.05, 4.69) is 35.2 Å². The first-order valence-electron chi connectivity index (χ1n) is 10.1. The zero-order valence-corrected chi connectivity index (χ0v) is 16.2. The van der Waals surface area contributed by atoms with Crippen LogP contribution in [0.15, 0.2) is 48.5 Å². The zero-order valence-electron chi connectivity index (χ0n) is 16.2. The lowest BCUT2D eigenvalue weighted by molar-refractivity contribution is -0.207. The maximum absolute atomic E-state index is 10.5. The number of nitrogens with zero attached hydrogens (tertiary/aromatic N) is 1. The van der Waals surface area contributed by atoms with Gasteiger partial charge in [-0.05, 0) is 28.7 Å². The minimum absolute atomic E-state index is 0.172. The number of rotatable bonds is 4. The average molecular weight is 383 g/mol. The van der Waals surface area contributed by atoms with Gasteiger partial charge in [-0.2, -0.15) is 0 Å². The van der Waals surface area contributed by atoms with Gasteiger partial charge < -0.3 is 20.1 Å². The molecule has 3 N–H and O–H groups in total. The largest absolute Gasteiger partial charge is 0.394 e. The van der Waals surface area contributed by atoms with E-state index in [1.54, 1.807) is 6.92 Å². The van der Waals surface area contributed by atoms with Crippen LogP contribution in [0.3, 0.4) is 0 Å². The van der Waals surface area contributed by atoms with Crippen molar-refractivity contribution in [1.82, 2.24) is 4.90 Å². The normalized spacial score (nSPS) is 30.8. The Balaban J connectivity index is 1.49. The Labute approximate surface area is 166 Å². The summed E-state index contributed by atoms with van der Waals surface area (Å²) in [4.78, 5) is 2.42. The van der Waals surface area contributed by atoms with Gasteiger partial charge in [0.25, 0.3) is 0 Å². The quantitative estimate of drug-likeness (QED) is 0.754. The van der Waals surface area contributed by atoms with Crippen molar-refractivity contribution in [3.63, 3.8) is 0 Å². The molecule has 0 aliphatic carbocycles. The van der Waals surface area contributed by atoms with Crippen LogP contribution in [0, 0.1) is 5.92 Å². The molecule has 1 saturated heterocycles. The van der Waals surface area contributed by atoms with E-state index in [1.165, 1.54) is 11.1 Å². The first kappa shape index (κ1) is 19.6. The summed E-state index contributed by atoms with van der Waals surface area (Å²) in [6.07, 6.45) is -1.98. The summed E-state index contributed by atoms with van der Waals surface area (Å²) < 4.78 is 5.93. The Bertz CT molecular complexity index is 809. The van der Waals surface area contributed by atoms with Crippen molar-refractivity contribution in [2.45, 2.75) is 50.8 Å². The van der Waals surface area contributed by atoms with E-state index in [4.69, 9.17) is 4.74 Å². The molecule has 5 nitrogen and oxygen atoms in total. The van der Waals surface area contributed by atoms with Gasteiger partial charge in [0, 0.05) is 25.6 Å². The highest BCUT2D eigenvalue weighted by Gasteiger charge is 2.42. The number of hydrogen-bond donors (Lipinski definition) is 3. The number of aliphatic hydroxyl groups is 3. The van der Waals surface area contributed by atoms with Crippen molar-refractivity contribution in [2.24, 2.45) is 5.92 Å². The molecule has 0 aromatic heterocycles. The fourth-order valence-corrected chi connectivity index (χ4v) is 4.40. The number of ether oxygens (including phenoxy) is 1. The predicted octanol–water partition coefficient (Wildman–Crippen LogP) is 2.04. The van der Waals surface area contributed by atoms with Gasteiger partial charge in [-0.25, -0.2) is 0 Å². The third kappa shape index (κ3) is 3.86. The van der Waals surface area contributed by atoms with E-state index in [9.17, 15) is 15.3 Å². The van der Waals surface area contributed by atoms with Crippen LogP contribution in [0.4, 0.5) is 0 Å². The van der Waals surface area contributed by atoms with Crippen molar-refractivity contribution in [1.29, 1.82) is 0 Å². The van der Waals surface area contributed by atoms with E-state index < -0.39 is 24.4 Å². The topological polar surface area (TPSA) is 73.2 Å². The van der Waals surface area contributed by atoms with E-state index in [-0.39, 0.29) is 12.5 Å². The minimum Gasteiger partial charge on any atom is -0.394 e. The summed E-state index contributed by atoms with van der Waals surface area (Å²) in [6, 6.07) is 16.6. The van der Waals surface area contributed by atoms with Crippen LogP contribution in [-0.4, -0.2) is 51.7 Å². The molecule has 2 aliphatic heterocycles. The molecule has 2 aromatic rings. The van der Waals surface area contributed by atoms with Crippen molar-refractivity contribution in [3.05, 3.63) is 70.8 Å². The lowest BCUT2D eigenvalue weighted by Crippen LogP contribution is -2.50. The summed E-state index contributed by atoms with van der Waals surface area (Å²) >= 11 is 0. The third-order valence-corrected chi connectivity index (χ3v) is 6.18. The smallest absolute Gasteiger partial charge is 0.111 e. The first-order valence-corrected chi connectivity index (χ1v) is 10.1. The summed E-state index contributed by atoms with van der Waals surface area (Å²) in [6.45, 7) is 4.40. The van der Waals surface area contributed by atoms with Gasteiger partial charge >= 0.3 is 0 Å². The van der Waals surface area contributed by atoms with Gasteiger partial charge in [0.15, 0.2) is 0 Å². The van der Waals surface area contributed by atoms with Crippen molar-refractivity contribution < 1.29 is 20.1 Å². The predicted molar refractivity (Wildman–Crippen MR) is 107 cm³/mol. The molecule has 4 rings (SSSR count). The molecule has 1 fully saturated rings. The highest BCUT2D eigenvalue weighted by molar-refractivity contribution is 5.30. The molecule has 2 heterocycles. The molecule has 0 amide bonds. The Morgan fingerprint density at radius 2 is 1.82 bits per heavy atom. The fraction of sp³-hybridized carbons (Fsp3) is 0.478. The maximum atomic E-state index is 10.5. The molecule has 0 saturated carbocycles. The van der Waals surface area contributed by atoms with Crippen LogP contribution in [0.5, 0.6) is 0 Å². The summed E-state index contributed by atoms with van der Waals surface area (Å²) in [5.41, 5.74) is 4.82. The Hall–Kier alpha value is -1.76. The van der Waals surface area contributed by atoms with Gasteiger partial charge in [0.05, 0.1) is 18.8 Å². The average Bonchev–Trinajstić information content (AvgIpc) is 2.72. The van der Waals surface area contributed by atoms with Gasteiger partial charge in [-0.15, -0.1) is 0 Å². The van der Waals surface area contributed by atoms with Crippen LogP contribution in [-0.2, 0) is 24.2 Å². The monoisotopic (exact) mass is 383 g/mol. The highest BCUT2D eigenvalue weighted by atomic mass is 16.5. The molecular weight excluding hydrogens is 354 g/mol. The van der Waals surface area contributed by atoms with Crippen molar-refractivity contribution in [2.75, 3.05) is 13.2 Å². The second-order valence-electron chi connectivity index (χ2n) is 8.09. The molecular formula is C23H29NO4. The van der Waals surface area contributed by atoms with Crippen molar-refractivity contribution in [3.8, 4) is 0 Å². The van der Waals surface area contributed by atoms with Gasteiger partial charge in [-0.1, -0.05) is 55.5 Å². The van der Waals surface area contributed by atoms with Crippen LogP contribution in [0.1, 0.15) is 35.3 Å². The number of hydrogen-bond acceptors (Lipinski definition) is 5. The molecule has 28 heavy (non-hydrogen) atoms. The lowest BCUT2D eigenvalue weighted by Gasteiger charge is -2.41. The van der Waals surface area contributed by atoms with Crippen molar-refractivity contribution >= 4 is 0 Å². The molecule has 2 aromatic carbocycles. The Kier molecular flexibility index (Phi) is 5.80. The second kappa shape index (κ2) is 8.31. The van der Waals surface area contributed by atoms with Gasteiger partial charge in [-0.3, -0.25) is 4.90 Å². The second-order valence-corrected chi connectivity index (χ2v) is 8.09. The minimum atomic E-state index is -1.00. The summed E-state index contributed by atoms with van der Waals surface area (Å²) in [5.74, 6) is -0.312.